The topological polar surface area (TPSA) is 84.3 Å². The van der Waals surface area contributed by atoms with Crippen LogP contribution in [-0.2, 0) is 4.74 Å². The third-order valence-electron chi connectivity index (χ3n) is 2.63. The molecule has 0 bridgehead atoms. The van der Waals surface area contributed by atoms with Gasteiger partial charge >= 0.3 is 5.69 Å². The lowest BCUT2D eigenvalue weighted by Crippen LogP contribution is -2.36. The highest BCUT2D eigenvalue weighted by Gasteiger charge is 2.41. The van der Waals surface area contributed by atoms with E-state index in [-0.39, 0.29) is 0 Å². The average Bonchev–Trinajstić information content (AvgIpc) is 2.51. The van der Waals surface area contributed by atoms with Crippen LogP contribution in [0.1, 0.15) is 13.2 Å². The van der Waals surface area contributed by atoms with Crippen LogP contribution < -0.4 is 11.2 Å². The smallest absolute Gasteiger partial charge is 0.330 e. The van der Waals surface area contributed by atoms with Gasteiger partial charge in [0.25, 0.3) is 5.56 Å². The quantitative estimate of drug-likeness (QED) is 0.699. The Labute approximate surface area is 103 Å². The van der Waals surface area contributed by atoms with E-state index in [1.807, 2.05) is 4.98 Å². The Morgan fingerprint density at radius 1 is 1.59 bits per heavy atom. The fraction of sp³-hybridized carbons (Fsp3) is 0.556. The second kappa shape index (κ2) is 4.35. The summed E-state index contributed by atoms with van der Waals surface area (Å²) in [6.45, 7) is 1.63. The molecule has 2 heterocycles. The van der Waals surface area contributed by atoms with E-state index < -0.39 is 40.3 Å². The van der Waals surface area contributed by atoms with Crippen molar-refractivity contribution in [1.82, 2.24) is 9.55 Å². The lowest BCUT2D eigenvalue weighted by atomic mass is 10.2. The monoisotopic (exact) mass is 308 g/mol. The molecule has 0 amide bonds. The van der Waals surface area contributed by atoms with Crippen molar-refractivity contribution in [3.8, 4) is 0 Å². The summed E-state index contributed by atoms with van der Waals surface area (Å²) in [7, 11) is 0. The SMILES string of the molecule is C[C@H]1O[C@@H](n2cc(F)c(=O)[nH]c2=O)[C@H](Br)[C@@H]1O. The standard InChI is InChI=1S/C9H10BrFN2O4/c1-3-6(14)5(10)8(17-3)13-2-4(11)7(15)12-9(13)16/h2-3,5-6,8,14H,1H3,(H,12,15,16)/t3-,5-,6-,8-/m1/s1. The molecule has 0 aromatic carbocycles. The number of aliphatic hydroxyl groups excluding tert-OH is 1. The Hall–Kier alpha value is -0.990. The molecular weight excluding hydrogens is 299 g/mol. The number of hydrogen-bond acceptors (Lipinski definition) is 4. The van der Waals surface area contributed by atoms with E-state index in [1.165, 1.54) is 0 Å². The number of nitrogens with zero attached hydrogens (tertiary/aromatic N) is 1. The van der Waals surface area contributed by atoms with Gasteiger partial charge in [-0.3, -0.25) is 14.3 Å². The van der Waals surface area contributed by atoms with Gasteiger partial charge in [-0.05, 0) is 6.92 Å². The van der Waals surface area contributed by atoms with Crippen LogP contribution in [0.2, 0.25) is 0 Å². The maximum Gasteiger partial charge on any atom is 0.330 e. The van der Waals surface area contributed by atoms with Crippen LogP contribution in [0.15, 0.2) is 15.8 Å². The van der Waals surface area contributed by atoms with Crippen LogP contribution in [0.25, 0.3) is 0 Å². The van der Waals surface area contributed by atoms with Crippen molar-refractivity contribution in [3.05, 3.63) is 32.9 Å². The van der Waals surface area contributed by atoms with Crippen molar-refractivity contribution < 1.29 is 14.2 Å². The number of H-pyrrole nitrogens is 1. The number of hydrogen-bond donors (Lipinski definition) is 2. The van der Waals surface area contributed by atoms with Gasteiger partial charge in [-0.2, -0.15) is 4.39 Å². The first kappa shape index (κ1) is 12.5. The molecule has 1 aliphatic rings. The van der Waals surface area contributed by atoms with Gasteiger partial charge in [-0.1, -0.05) is 15.9 Å². The van der Waals surface area contributed by atoms with E-state index in [0.717, 1.165) is 10.8 Å². The zero-order chi connectivity index (χ0) is 12.7. The van der Waals surface area contributed by atoms with E-state index in [9.17, 15) is 19.1 Å². The molecule has 6 nitrogen and oxygen atoms in total. The van der Waals surface area contributed by atoms with E-state index in [4.69, 9.17) is 4.74 Å². The molecule has 1 aliphatic heterocycles. The molecule has 4 atom stereocenters. The normalized spacial score (nSPS) is 32.9. The minimum Gasteiger partial charge on any atom is -0.389 e. The maximum atomic E-state index is 13.1. The molecule has 1 fully saturated rings. The molecule has 2 N–H and O–H groups in total. The van der Waals surface area contributed by atoms with Gasteiger partial charge in [0.15, 0.2) is 6.23 Å². The average molecular weight is 309 g/mol. The van der Waals surface area contributed by atoms with Crippen LogP contribution in [0.3, 0.4) is 0 Å². The summed E-state index contributed by atoms with van der Waals surface area (Å²) < 4.78 is 19.3. The van der Waals surface area contributed by atoms with Crippen LogP contribution >= 0.6 is 15.9 Å². The van der Waals surface area contributed by atoms with Gasteiger partial charge in [0.2, 0.25) is 5.82 Å². The van der Waals surface area contributed by atoms with Gasteiger partial charge < -0.3 is 9.84 Å². The third-order valence-corrected chi connectivity index (χ3v) is 3.63. The molecule has 1 saturated heterocycles. The van der Waals surface area contributed by atoms with Crippen LogP contribution in [-0.4, -0.2) is 31.7 Å². The molecule has 1 aromatic heterocycles. The van der Waals surface area contributed by atoms with Crippen LogP contribution in [0.4, 0.5) is 4.39 Å². The molecule has 0 radical (unpaired) electrons. The van der Waals surface area contributed by atoms with E-state index >= 15 is 0 Å². The summed E-state index contributed by atoms with van der Waals surface area (Å²) in [5, 5.41) is 9.66. The van der Waals surface area contributed by atoms with Crippen molar-refractivity contribution in [2.24, 2.45) is 0 Å². The number of aliphatic hydroxyl groups is 1. The Bertz CT molecular complexity index is 543. The van der Waals surface area contributed by atoms with Gasteiger partial charge in [0.1, 0.15) is 0 Å². The Kier molecular flexibility index (Phi) is 3.19. The zero-order valence-corrected chi connectivity index (χ0v) is 10.3. The van der Waals surface area contributed by atoms with Crippen LogP contribution in [0.5, 0.6) is 0 Å². The molecule has 94 valence electrons. The largest absolute Gasteiger partial charge is 0.389 e. The second-order valence-electron chi connectivity index (χ2n) is 3.81. The molecule has 17 heavy (non-hydrogen) atoms. The van der Waals surface area contributed by atoms with Crippen molar-refractivity contribution in [2.75, 3.05) is 0 Å². The molecule has 0 spiro atoms. The van der Waals surface area contributed by atoms with Gasteiger partial charge in [0, 0.05) is 0 Å². The maximum absolute atomic E-state index is 13.1. The molecule has 0 aliphatic carbocycles. The number of alkyl halides is 1. The number of halogens is 2. The Balaban J connectivity index is 2.46. The zero-order valence-electron chi connectivity index (χ0n) is 8.76. The van der Waals surface area contributed by atoms with Crippen molar-refractivity contribution in [1.29, 1.82) is 0 Å². The first-order chi connectivity index (χ1) is 7.91. The fourth-order valence-corrected chi connectivity index (χ4v) is 2.48. The molecule has 2 rings (SSSR count). The molecule has 1 aromatic rings. The number of aromatic amines is 1. The summed E-state index contributed by atoms with van der Waals surface area (Å²) >= 11 is 3.18. The van der Waals surface area contributed by atoms with E-state index in [1.54, 1.807) is 6.92 Å². The second-order valence-corrected chi connectivity index (χ2v) is 4.87. The molecule has 0 unspecified atom stereocenters. The van der Waals surface area contributed by atoms with Crippen molar-refractivity contribution >= 4 is 15.9 Å². The molecular formula is C9H10BrFN2O4. The number of nitrogens with one attached hydrogen (secondary N) is 1. The van der Waals surface area contributed by atoms with Crippen molar-refractivity contribution in [2.45, 2.75) is 30.2 Å². The minimum atomic E-state index is -1.08. The summed E-state index contributed by atoms with van der Waals surface area (Å²) in [4.78, 5) is 23.6. The minimum absolute atomic E-state index is 0.494. The summed E-state index contributed by atoms with van der Waals surface area (Å²) in [5.74, 6) is -1.08. The highest BCUT2D eigenvalue weighted by Crippen LogP contribution is 2.33. The summed E-state index contributed by atoms with van der Waals surface area (Å²) in [5.41, 5.74) is -1.86. The van der Waals surface area contributed by atoms with Gasteiger partial charge in [-0.15, -0.1) is 0 Å². The number of rotatable bonds is 1. The van der Waals surface area contributed by atoms with Crippen LogP contribution in [0, 0.1) is 5.82 Å². The number of ether oxygens (including phenoxy) is 1. The van der Waals surface area contributed by atoms with Crippen molar-refractivity contribution in [3.63, 3.8) is 0 Å². The first-order valence-electron chi connectivity index (χ1n) is 4.90. The lowest BCUT2D eigenvalue weighted by molar-refractivity contribution is -0.0100. The fourth-order valence-electron chi connectivity index (χ4n) is 1.67. The molecule has 0 saturated carbocycles. The third kappa shape index (κ3) is 2.07. The number of aromatic nitrogens is 2. The highest BCUT2D eigenvalue weighted by atomic mass is 79.9. The van der Waals surface area contributed by atoms with Gasteiger partial charge in [0.05, 0.1) is 23.2 Å². The predicted octanol–water partition coefficient (Wildman–Crippen LogP) is -0.283. The van der Waals surface area contributed by atoms with E-state index in [0.29, 0.717) is 0 Å². The van der Waals surface area contributed by atoms with Gasteiger partial charge in [-0.25, -0.2) is 4.79 Å². The lowest BCUT2D eigenvalue weighted by Gasteiger charge is -2.16. The summed E-state index contributed by atoms with van der Waals surface area (Å²) in [6, 6.07) is 0. The first-order valence-corrected chi connectivity index (χ1v) is 5.82. The highest BCUT2D eigenvalue weighted by molar-refractivity contribution is 9.09. The predicted molar refractivity (Wildman–Crippen MR) is 59.6 cm³/mol. The Morgan fingerprint density at radius 3 is 2.76 bits per heavy atom. The molecule has 8 heteroatoms. The van der Waals surface area contributed by atoms with E-state index in [2.05, 4.69) is 15.9 Å². The Morgan fingerprint density at radius 2 is 2.24 bits per heavy atom. The summed E-state index contributed by atoms with van der Waals surface area (Å²) in [6.07, 6.45) is -1.41.